The van der Waals surface area contributed by atoms with Crippen molar-refractivity contribution in [3.63, 3.8) is 0 Å². The Morgan fingerprint density at radius 2 is 0.352 bits per heavy atom. The summed E-state index contributed by atoms with van der Waals surface area (Å²) in [5, 5.41) is 113. The molecule has 54 heavy (non-hydrogen) atoms. The predicted molar refractivity (Wildman–Crippen MR) is 169 cm³/mol. The van der Waals surface area contributed by atoms with Gasteiger partial charge in [-0.3, -0.25) is 0 Å². The van der Waals surface area contributed by atoms with E-state index in [4.69, 9.17) is 71.5 Å². The summed E-state index contributed by atoms with van der Waals surface area (Å²) in [6, 6.07) is 0. The van der Waals surface area contributed by atoms with Crippen molar-refractivity contribution in [2.75, 3.05) is 52.9 Å². The first kappa shape index (κ1) is 66.7. The highest BCUT2D eigenvalue weighted by Gasteiger charge is 2.27. The third-order valence-electron chi connectivity index (χ3n) is 4.08. The molecule has 0 rings (SSSR count). The topological polar surface area (TPSA) is 386 Å². The fourth-order valence-corrected chi connectivity index (χ4v) is 0.600. The molecule has 0 atom stereocenters. The van der Waals surface area contributed by atoms with Gasteiger partial charge in [0.05, 0.1) is 63.7 Å². The minimum Gasteiger partial charge on any atom is -0.476 e. The molecule has 14 N–H and O–H groups in total. The summed E-state index contributed by atoms with van der Waals surface area (Å²) in [6.07, 6.45) is 0. The van der Waals surface area contributed by atoms with Crippen LogP contribution in [0.25, 0.3) is 0 Å². The standard InChI is InChI=1S/2C5H12O4.6C3H3FO2/c2*6-1-5(2-7,3-8)4-9;6*1-2(4)3(5)6/h2*6-9H,1-4H2;6*1H2,(H,5,6). The molecule has 0 aliphatic heterocycles. The van der Waals surface area contributed by atoms with Gasteiger partial charge in [0.15, 0.2) is 0 Å². The second-order valence-electron chi connectivity index (χ2n) is 8.53. The van der Waals surface area contributed by atoms with Gasteiger partial charge >= 0.3 is 35.8 Å². The van der Waals surface area contributed by atoms with Gasteiger partial charge in [-0.15, -0.1) is 0 Å². The lowest BCUT2D eigenvalue weighted by Gasteiger charge is -2.23. The van der Waals surface area contributed by atoms with Crippen LogP contribution in [0.3, 0.4) is 0 Å². The molecule has 0 aliphatic rings. The summed E-state index contributed by atoms with van der Waals surface area (Å²) in [5.41, 5.74) is -2.22. The van der Waals surface area contributed by atoms with E-state index in [2.05, 4.69) is 39.5 Å². The Bertz CT molecular complexity index is 901. The fraction of sp³-hybridized carbons (Fsp3) is 0.357. The molecule has 0 aromatic heterocycles. The average Bonchev–Trinajstić information content (AvgIpc) is 3.09. The van der Waals surface area contributed by atoms with Gasteiger partial charge in [0.1, 0.15) is 0 Å². The maximum absolute atomic E-state index is 11.0. The summed E-state index contributed by atoms with van der Waals surface area (Å²) in [4.78, 5) is 55.3. The van der Waals surface area contributed by atoms with E-state index in [-0.39, 0.29) is 0 Å². The van der Waals surface area contributed by atoms with E-state index in [0.717, 1.165) is 0 Å². The van der Waals surface area contributed by atoms with Crippen LogP contribution in [-0.4, -0.2) is 160 Å². The summed E-state index contributed by atoms with van der Waals surface area (Å²) in [7, 11) is 0. The maximum Gasteiger partial charge on any atom is 0.364 e. The SMILES string of the molecule is C=C(F)C(=O)O.C=C(F)C(=O)O.C=C(F)C(=O)O.C=C(F)C(=O)O.C=C(F)C(=O)O.C=C(F)C(=O)O.OCC(CO)(CO)CO.OCC(CO)(CO)CO. The van der Waals surface area contributed by atoms with Crippen molar-refractivity contribution < 1.29 is 127 Å². The first-order chi connectivity index (χ1) is 24.3. The van der Waals surface area contributed by atoms with Crippen molar-refractivity contribution in [1.29, 1.82) is 0 Å². The summed E-state index contributed by atoms with van der Waals surface area (Å²) in [5.74, 6) is -17.6. The second kappa shape index (κ2) is 40.3. The highest BCUT2D eigenvalue weighted by molar-refractivity contribution is 5.84. The summed E-state index contributed by atoms with van der Waals surface area (Å²) < 4.78 is 66.2. The Morgan fingerprint density at radius 1 is 0.296 bits per heavy atom. The minimum atomic E-state index is -1.60. The molecule has 0 aliphatic carbocycles. The number of hydrogen-bond acceptors (Lipinski definition) is 14. The van der Waals surface area contributed by atoms with Crippen molar-refractivity contribution >= 4 is 35.8 Å². The molecule has 0 fully saturated rings. The predicted octanol–water partition coefficient (Wildman–Crippen LogP) is -0.791. The number of aliphatic hydroxyl groups is 8. The van der Waals surface area contributed by atoms with Crippen molar-refractivity contribution in [2.45, 2.75) is 0 Å². The van der Waals surface area contributed by atoms with E-state index < -0.39 is 134 Å². The van der Waals surface area contributed by atoms with Gasteiger partial charge in [0.25, 0.3) is 0 Å². The van der Waals surface area contributed by atoms with Crippen LogP contribution < -0.4 is 0 Å². The van der Waals surface area contributed by atoms with Gasteiger partial charge < -0.3 is 71.5 Å². The van der Waals surface area contributed by atoms with Crippen LogP contribution in [0.4, 0.5) is 26.3 Å². The van der Waals surface area contributed by atoms with E-state index >= 15 is 0 Å². The van der Waals surface area contributed by atoms with Gasteiger partial charge in [-0.05, 0) is 0 Å². The zero-order valence-corrected chi connectivity index (χ0v) is 27.9. The smallest absolute Gasteiger partial charge is 0.364 e. The fourth-order valence-electron chi connectivity index (χ4n) is 0.600. The molecule has 0 aromatic carbocycles. The molecule has 0 bridgehead atoms. The largest absolute Gasteiger partial charge is 0.476 e. The van der Waals surface area contributed by atoms with Gasteiger partial charge in [0.2, 0.25) is 35.0 Å². The number of hydrogen-bond donors (Lipinski definition) is 14. The number of carbonyl (C=O) groups is 6. The molecular formula is C28H42F6O20. The highest BCUT2D eigenvalue weighted by Crippen LogP contribution is 2.12. The van der Waals surface area contributed by atoms with Gasteiger partial charge in [-0.25, -0.2) is 28.8 Å². The number of aliphatic carboxylic acids is 6. The van der Waals surface area contributed by atoms with Crippen LogP contribution in [-0.2, 0) is 28.8 Å². The number of carboxylic acid groups (broad SMARTS) is 6. The van der Waals surface area contributed by atoms with Crippen LogP contribution >= 0.6 is 0 Å². The molecule has 0 saturated heterocycles. The highest BCUT2D eigenvalue weighted by atomic mass is 19.1. The first-order valence-corrected chi connectivity index (χ1v) is 12.7. The van der Waals surface area contributed by atoms with E-state index in [1.165, 1.54) is 0 Å². The third-order valence-corrected chi connectivity index (χ3v) is 4.08. The average molecular weight is 813 g/mol. The van der Waals surface area contributed by atoms with Crippen molar-refractivity contribution in [3.8, 4) is 0 Å². The monoisotopic (exact) mass is 812 g/mol. The lowest BCUT2D eigenvalue weighted by atomic mass is 9.93. The van der Waals surface area contributed by atoms with E-state index in [1.807, 2.05) is 0 Å². The van der Waals surface area contributed by atoms with Crippen LogP contribution in [0.1, 0.15) is 0 Å². The van der Waals surface area contributed by atoms with Gasteiger partial charge in [0, 0.05) is 0 Å². The number of halogens is 6. The molecule has 20 nitrogen and oxygen atoms in total. The Kier molecular flexibility index (Phi) is 49.8. The molecule has 0 saturated carbocycles. The number of rotatable bonds is 14. The van der Waals surface area contributed by atoms with Crippen LogP contribution in [0.15, 0.2) is 74.4 Å². The second-order valence-corrected chi connectivity index (χ2v) is 8.53. The zero-order valence-electron chi connectivity index (χ0n) is 27.9. The molecule has 0 radical (unpaired) electrons. The quantitative estimate of drug-likeness (QED) is 0.0754. The van der Waals surface area contributed by atoms with E-state index in [1.54, 1.807) is 0 Å². The molecule has 0 unspecified atom stereocenters. The summed E-state index contributed by atoms with van der Waals surface area (Å²) in [6.45, 7) is 11.7. The van der Waals surface area contributed by atoms with E-state index in [0.29, 0.717) is 0 Å². The Balaban J connectivity index is -0.0000000752. The molecule has 0 spiro atoms. The van der Waals surface area contributed by atoms with Crippen molar-refractivity contribution in [3.05, 3.63) is 74.4 Å². The molecule has 316 valence electrons. The van der Waals surface area contributed by atoms with Crippen molar-refractivity contribution in [2.24, 2.45) is 10.8 Å². The zero-order chi connectivity index (χ0) is 45.6. The first-order valence-electron chi connectivity index (χ1n) is 12.7. The third kappa shape index (κ3) is 53.3. The Morgan fingerprint density at radius 3 is 0.352 bits per heavy atom. The summed E-state index contributed by atoms with van der Waals surface area (Å²) >= 11 is 0. The lowest BCUT2D eigenvalue weighted by molar-refractivity contribution is -0.135. The maximum atomic E-state index is 11.0. The Hall–Kier alpha value is -5.48. The van der Waals surface area contributed by atoms with Crippen molar-refractivity contribution in [1.82, 2.24) is 0 Å². The van der Waals surface area contributed by atoms with Gasteiger partial charge in [-0.1, -0.05) is 39.5 Å². The number of carboxylic acids is 6. The molecule has 0 amide bonds. The number of aliphatic hydroxyl groups excluding tert-OH is 8. The van der Waals surface area contributed by atoms with Crippen LogP contribution in [0.5, 0.6) is 0 Å². The molecular weight excluding hydrogens is 770 g/mol. The lowest BCUT2D eigenvalue weighted by Crippen LogP contribution is -2.37. The molecule has 0 aromatic rings. The van der Waals surface area contributed by atoms with Gasteiger partial charge in [-0.2, -0.15) is 26.3 Å². The van der Waals surface area contributed by atoms with Crippen LogP contribution in [0, 0.1) is 10.8 Å². The molecule has 26 heteroatoms. The molecule has 0 heterocycles. The normalized spacial score (nSPS) is 9.00. The van der Waals surface area contributed by atoms with Crippen LogP contribution in [0.2, 0.25) is 0 Å². The van der Waals surface area contributed by atoms with E-state index in [9.17, 15) is 55.1 Å². The Labute approximate surface area is 301 Å². The minimum absolute atomic E-state index is 0.406.